The molecule has 160 valence electrons. The Morgan fingerprint density at radius 3 is 2.70 bits per heavy atom. The van der Waals surface area contributed by atoms with E-state index in [1.165, 1.54) is 0 Å². The van der Waals surface area contributed by atoms with Gasteiger partial charge in [0.25, 0.3) is 0 Å². The molecule has 4 nitrogen and oxygen atoms in total. The predicted molar refractivity (Wildman–Crippen MR) is 111 cm³/mol. The van der Waals surface area contributed by atoms with E-state index in [2.05, 4.69) is 4.98 Å². The molecule has 2 heterocycles. The van der Waals surface area contributed by atoms with Crippen LogP contribution >= 0.6 is 11.6 Å². The molecule has 0 unspecified atom stereocenters. The minimum atomic E-state index is -4.53. The van der Waals surface area contributed by atoms with Gasteiger partial charge in [0.15, 0.2) is 0 Å². The number of hydrogen-bond acceptors (Lipinski definition) is 3. The number of aryl methyl sites for hydroxylation is 1. The molecule has 0 radical (unpaired) electrons. The maximum atomic E-state index is 13.6. The van der Waals surface area contributed by atoms with E-state index in [4.69, 9.17) is 11.6 Å². The van der Waals surface area contributed by atoms with E-state index in [1.807, 2.05) is 31.2 Å². The number of alkyl halides is 3. The van der Waals surface area contributed by atoms with Crippen molar-refractivity contribution in [2.75, 3.05) is 23.4 Å². The van der Waals surface area contributed by atoms with E-state index >= 15 is 0 Å². The molecule has 30 heavy (non-hydrogen) atoms. The minimum absolute atomic E-state index is 0.0971. The molecule has 1 aliphatic heterocycles. The molecule has 0 N–H and O–H groups in total. The number of pyridine rings is 1. The topological polar surface area (TPSA) is 36.4 Å². The number of benzene rings is 1. The molecule has 8 heteroatoms. The molecule has 1 aromatic heterocycles. The zero-order valence-corrected chi connectivity index (χ0v) is 17.5. The number of rotatable bonds is 3. The number of carbonyl (C=O) groups excluding carboxylic acids is 1. The van der Waals surface area contributed by atoms with Crippen molar-refractivity contribution >= 4 is 29.0 Å². The Labute approximate surface area is 178 Å². The van der Waals surface area contributed by atoms with Crippen LogP contribution in [0.1, 0.15) is 30.4 Å². The molecule has 1 amide bonds. The van der Waals surface area contributed by atoms with Gasteiger partial charge in [-0.2, -0.15) is 13.2 Å². The van der Waals surface area contributed by atoms with Gasteiger partial charge in [0.1, 0.15) is 17.0 Å². The summed E-state index contributed by atoms with van der Waals surface area (Å²) in [6.45, 7) is 2.46. The monoisotopic (exact) mass is 437 g/mol. The first-order chi connectivity index (χ1) is 14.1. The highest BCUT2D eigenvalue weighted by Gasteiger charge is 2.49. The summed E-state index contributed by atoms with van der Waals surface area (Å²) in [6, 6.07) is 8.87. The zero-order chi connectivity index (χ0) is 21.6. The number of nitrogens with zero attached hydrogens (tertiary/aromatic N) is 3. The summed E-state index contributed by atoms with van der Waals surface area (Å²) in [5, 5.41) is -0.227. The fourth-order valence-corrected chi connectivity index (χ4v) is 5.02. The van der Waals surface area contributed by atoms with Crippen LogP contribution in [0.25, 0.3) is 0 Å². The maximum Gasteiger partial charge on any atom is 0.416 e. The van der Waals surface area contributed by atoms with Gasteiger partial charge < -0.3 is 9.80 Å². The molecular formula is C22H23ClF3N3O. The number of anilines is 2. The van der Waals surface area contributed by atoms with Gasteiger partial charge in [0, 0.05) is 19.3 Å². The first kappa shape index (κ1) is 21.0. The molecule has 0 spiro atoms. The first-order valence-electron chi connectivity index (χ1n) is 10.0. The molecule has 2 aromatic rings. The minimum Gasteiger partial charge on any atom is -0.344 e. The third-order valence-electron chi connectivity index (χ3n) is 6.27. The van der Waals surface area contributed by atoms with Crippen molar-refractivity contribution < 1.29 is 18.0 Å². The Balaban J connectivity index is 1.71. The zero-order valence-electron chi connectivity index (χ0n) is 16.8. The molecular weight excluding hydrogens is 415 g/mol. The lowest BCUT2D eigenvalue weighted by atomic mass is 9.93. The highest BCUT2D eigenvalue weighted by atomic mass is 35.5. The Bertz CT molecular complexity index is 965. The Morgan fingerprint density at radius 1 is 1.23 bits per heavy atom. The third kappa shape index (κ3) is 3.87. The summed E-state index contributed by atoms with van der Waals surface area (Å²) in [5.41, 5.74) is 0.935. The van der Waals surface area contributed by atoms with Crippen LogP contribution in [0, 0.1) is 18.8 Å². The van der Waals surface area contributed by atoms with Gasteiger partial charge in [-0.3, -0.25) is 4.79 Å². The number of carbonyl (C=O) groups is 1. The molecule has 1 aromatic carbocycles. The van der Waals surface area contributed by atoms with E-state index in [0.717, 1.165) is 42.6 Å². The second-order valence-corrected chi connectivity index (χ2v) is 8.61. The van der Waals surface area contributed by atoms with Gasteiger partial charge in [-0.05, 0) is 61.4 Å². The van der Waals surface area contributed by atoms with Crippen molar-refractivity contribution in [2.45, 2.75) is 38.4 Å². The average molecular weight is 438 g/mol. The number of fused-ring (bicyclic) bond motifs is 1. The molecule has 1 aliphatic carbocycles. The van der Waals surface area contributed by atoms with Gasteiger partial charge in [-0.1, -0.05) is 30.2 Å². The fourth-order valence-electron chi connectivity index (χ4n) is 4.81. The van der Waals surface area contributed by atoms with Crippen LogP contribution in [-0.2, 0) is 11.0 Å². The van der Waals surface area contributed by atoms with Crippen LogP contribution in [0.4, 0.5) is 24.7 Å². The van der Waals surface area contributed by atoms with Crippen molar-refractivity contribution in [3.05, 3.63) is 52.7 Å². The van der Waals surface area contributed by atoms with Crippen molar-refractivity contribution in [1.29, 1.82) is 0 Å². The molecule has 2 fully saturated rings. The van der Waals surface area contributed by atoms with E-state index in [0.29, 0.717) is 6.54 Å². The van der Waals surface area contributed by atoms with Crippen molar-refractivity contribution in [3.63, 3.8) is 0 Å². The standard InChI is InChI=1S/C22H23ClF3N3O/c1-13-5-3-7-16(9-13)28(2)21(30)20-17-8-4-6-14(17)12-29(20)19-11-15(22(24,25)26)10-18(23)27-19/h3,5,7,9-11,14,17,20H,4,6,8,12H2,1-2H3/t14-,17-,20-/m0/s1. The van der Waals surface area contributed by atoms with Crippen molar-refractivity contribution in [1.82, 2.24) is 4.98 Å². The second kappa shape index (κ2) is 7.76. The molecule has 2 aliphatic rings. The second-order valence-electron chi connectivity index (χ2n) is 8.22. The third-order valence-corrected chi connectivity index (χ3v) is 6.46. The largest absolute Gasteiger partial charge is 0.416 e. The van der Waals surface area contributed by atoms with Crippen LogP contribution in [0.2, 0.25) is 5.15 Å². The van der Waals surface area contributed by atoms with Crippen LogP contribution in [-0.4, -0.2) is 30.5 Å². The fraction of sp³-hybridized carbons (Fsp3) is 0.455. The SMILES string of the molecule is Cc1cccc(N(C)C(=O)[C@@H]2[C@H]3CCC[C@H]3CN2c2cc(C(F)(F)F)cc(Cl)n2)c1. The van der Waals surface area contributed by atoms with Crippen LogP contribution in [0.15, 0.2) is 36.4 Å². The summed E-state index contributed by atoms with van der Waals surface area (Å²) < 4.78 is 40.0. The molecule has 1 saturated heterocycles. The number of aromatic nitrogens is 1. The molecule has 3 atom stereocenters. The maximum absolute atomic E-state index is 13.6. The molecule has 4 rings (SSSR count). The van der Waals surface area contributed by atoms with Gasteiger partial charge in [-0.25, -0.2) is 4.98 Å². The normalized spacial score (nSPS) is 23.5. The quantitative estimate of drug-likeness (QED) is 0.609. The summed E-state index contributed by atoms with van der Waals surface area (Å²) in [5.74, 6) is 0.338. The van der Waals surface area contributed by atoms with Gasteiger partial charge in [0.2, 0.25) is 5.91 Å². The number of amides is 1. The van der Waals surface area contributed by atoms with Crippen molar-refractivity contribution in [3.8, 4) is 0 Å². The lowest BCUT2D eigenvalue weighted by molar-refractivity contribution is -0.137. The Hall–Kier alpha value is -2.28. The lowest BCUT2D eigenvalue weighted by Gasteiger charge is -2.32. The summed E-state index contributed by atoms with van der Waals surface area (Å²) >= 11 is 5.93. The first-order valence-corrected chi connectivity index (χ1v) is 10.4. The number of likely N-dealkylation sites (N-methyl/N-ethyl adjacent to an activating group) is 1. The van der Waals surface area contributed by atoms with Crippen molar-refractivity contribution in [2.24, 2.45) is 11.8 Å². The van der Waals surface area contributed by atoms with Gasteiger partial charge in [0.05, 0.1) is 5.56 Å². The number of hydrogen-bond donors (Lipinski definition) is 0. The summed E-state index contributed by atoms with van der Waals surface area (Å²) in [4.78, 5) is 21.0. The van der Waals surface area contributed by atoms with Crippen LogP contribution in [0.5, 0.6) is 0 Å². The molecule has 1 saturated carbocycles. The highest BCUT2D eigenvalue weighted by molar-refractivity contribution is 6.29. The van der Waals surface area contributed by atoms with Gasteiger partial charge in [-0.15, -0.1) is 0 Å². The highest BCUT2D eigenvalue weighted by Crippen LogP contribution is 2.45. The number of halogens is 4. The predicted octanol–water partition coefficient (Wildman–Crippen LogP) is 5.33. The lowest BCUT2D eigenvalue weighted by Crippen LogP contribution is -2.47. The average Bonchev–Trinajstić information content (AvgIpc) is 3.26. The Morgan fingerprint density at radius 2 is 2.00 bits per heavy atom. The smallest absolute Gasteiger partial charge is 0.344 e. The Kier molecular flexibility index (Phi) is 5.43. The molecule has 0 bridgehead atoms. The van der Waals surface area contributed by atoms with Crippen LogP contribution in [0.3, 0.4) is 0 Å². The van der Waals surface area contributed by atoms with E-state index in [1.54, 1.807) is 16.8 Å². The van der Waals surface area contributed by atoms with Crippen LogP contribution < -0.4 is 9.80 Å². The summed E-state index contributed by atoms with van der Waals surface area (Å²) in [6.07, 6.45) is -1.66. The van der Waals surface area contributed by atoms with E-state index in [9.17, 15) is 18.0 Å². The van der Waals surface area contributed by atoms with E-state index in [-0.39, 0.29) is 28.7 Å². The van der Waals surface area contributed by atoms with E-state index < -0.39 is 17.8 Å². The summed E-state index contributed by atoms with van der Waals surface area (Å²) in [7, 11) is 1.71. The van der Waals surface area contributed by atoms with Gasteiger partial charge >= 0.3 is 6.18 Å².